The quantitative estimate of drug-likeness (QED) is 0.646. The molecule has 122 valence electrons. The molecule has 2 aromatic carbocycles. The van der Waals surface area contributed by atoms with Crippen LogP contribution in [0.4, 0.5) is 17.3 Å². The number of nitrogens with one attached hydrogen (secondary N) is 2. The van der Waals surface area contributed by atoms with Gasteiger partial charge in [-0.2, -0.15) is 0 Å². The van der Waals surface area contributed by atoms with Gasteiger partial charge in [-0.25, -0.2) is 9.97 Å². The Bertz CT molecular complexity index is 778. The molecule has 1 heterocycles. The van der Waals surface area contributed by atoms with Gasteiger partial charge < -0.3 is 15.7 Å². The molecule has 24 heavy (non-hydrogen) atoms. The lowest BCUT2D eigenvalue weighted by Gasteiger charge is -2.14. The summed E-state index contributed by atoms with van der Waals surface area (Å²) in [7, 11) is 0. The number of hydrogen-bond donors (Lipinski definition) is 3. The first kappa shape index (κ1) is 16.0. The zero-order valence-electron chi connectivity index (χ0n) is 13.5. The highest BCUT2D eigenvalue weighted by atomic mass is 16.3. The topological polar surface area (TPSA) is 70.1 Å². The first-order chi connectivity index (χ1) is 11.7. The first-order valence-corrected chi connectivity index (χ1v) is 7.88. The van der Waals surface area contributed by atoms with Gasteiger partial charge in [-0.3, -0.25) is 0 Å². The molecular weight excluding hydrogens is 300 g/mol. The van der Waals surface area contributed by atoms with Crippen molar-refractivity contribution in [3.05, 3.63) is 66.7 Å². The van der Waals surface area contributed by atoms with Crippen LogP contribution in [-0.4, -0.2) is 27.7 Å². The van der Waals surface area contributed by atoms with Gasteiger partial charge in [0.1, 0.15) is 11.6 Å². The number of para-hydroxylation sites is 1. The van der Waals surface area contributed by atoms with Gasteiger partial charge in [-0.1, -0.05) is 48.5 Å². The molecular formula is C19H20N4O. The number of aliphatic hydroxyl groups excluding tert-OH is 1. The van der Waals surface area contributed by atoms with Crippen molar-refractivity contribution in [2.45, 2.75) is 13.0 Å². The molecule has 0 fully saturated rings. The number of anilines is 3. The van der Waals surface area contributed by atoms with Gasteiger partial charge in [-0.15, -0.1) is 0 Å². The molecule has 0 saturated heterocycles. The number of nitrogens with zero attached hydrogens (tertiary/aromatic N) is 2. The van der Waals surface area contributed by atoms with E-state index in [1.54, 1.807) is 0 Å². The van der Waals surface area contributed by atoms with Gasteiger partial charge in [0.15, 0.2) is 5.82 Å². The van der Waals surface area contributed by atoms with Crippen molar-refractivity contribution in [2.24, 2.45) is 0 Å². The molecule has 3 rings (SSSR count). The Kier molecular flexibility index (Phi) is 5.03. The van der Waals surface area contributed by atoms with Crippen molar-refractivity contribution in [2.75, 3.05) is 17.2 Å². The Labute approximate surface area is 141 Å². The third-order valence-electron chi connectivity index (χ3n) is 3.47. The van der Waals surface area contributed by atoms with E-state index in [-0.39, 0.29) is 12.6 Å². The molecule has 0 amide bonds. The molecule has 3 N–H and O–H groups in total. The van der Waals surface area contributed by atoms with E-state index in [0.717, 1.165) is 11.3 Å². The Hall–Kier alpha value is -2.92. The SMILES string of the molecule is CC(CO)Nc1cc(Nc2ccccc2)nc(-c2ccccc2)n1. The smallest absolute Gasteiger partial charge is 0.163 e. The lowest BCUT2D eigenvalue weighted by atomic mass is 10.2. The fourth-order valence-corrected chi connectivity index (χ4v) is 2.27. The zero-order valence-corrected chi connectivity index (χ0v) is 13.5. The van der Waals surface area contributed by atoms with E-state index in [0.29, 0.717) is 17.5 Å². The van der Waals surface area contributed by atoms with E-state index in [9.17, 15) is 5.11 Å². The summed E-state index contributed by atoms with van der Waals surface area (Å²) < 4.78 is 0. The fraction of sp³-hybridized carbons (Fsp3) is 0.158. The van der Waals surface area contributed by atoms with Crippen LogP contribution in [0.5, 0.6) is 0 Å². The lowest BCUT2D eigenvalue weighted by Crippen LogP contribution is -2.20. The maximum atomic E-state index is 9.27. The highest BCUT2D eigenvalue weighted by Crippen LogP contribution is 2.22. The monoisotopic (exact) mass is 320 g/mol. The first-order valence-electron chi connectivity index (χ1n) is 7.88. The van der Waals surface area contributed by atoms with Gasteiger partial charge in [0.2, 0.25) is 0 Å². The van der Waals surface area contributed by atoms with E-state index in [4.69, 9.17) is 0 Å². The second kappa shape index (κ2) is 7.57. The molecule has 0 aliphatic heterocycles. The van der Waals surface area contributed by atoms with Gasteiger partial charge in [0, 0.05) is 23.4 Å². The second-order valence-corrected chi connectivity index (χ2v) is 5.55. The summed E-state index contributed by atoms with van der Waals surface area (Å²) in [6, 6.07) is 21.4. The van der Waals surface area contributed by atoms with Crippen molar-refractivity contribution < 1.29 is 5.11 Å². The van der Waals surface area contributed by atoms with Crippen LogP contribution in [0.3, 0.4) is 0 Å². The van der Waals surface area contributed by atoms with Gasteiger partial charge in [-0.05, 0) is 19.1 Å². The fourth-order valence-electron chi connectivity index (χ4n) is 2.27. The zero-order chi connectivity index (χ0) is 16.8. The normalized spacial score (nSPS) is 11.8. The summed E-state index contributed by atoms with van der Waals surface area (Å²) in [5.41, 5.74) is 1.89. The molecule has 1 atom stereocenters. The molecule has 0 aliphatic rings. The third kappa shape index (κ3) is 4.08. The lowest BCUT2D eigenvalue weighted by molar-refractivity contribution is 0.281. The number of aliphatic hydroxyl groups is 1. The number of rotatable bonds is 6. The standard InChI is InChI=1S/C19H20N4O/c1-14(13-24)20-17-12-18(21-16-10-6-3-7-11-16)23-19(22-17)15-8-4-2-5-9-15/h2-12,14,24H,13H2,1H3,(H2,20,21,22,23). The van der Waals surface area contributed by atoms with E-state index in [2.05, 4.69) is 20.6 Å². The van der Waals surface area contributed by atoms with Crippen molar-refractivity contribution in [1.29, 1.82) is 0 Å². The predicted molar refractivity (Wildman–Crippen MR) is 97.4 cm³/mol. The van der Waals surface area contributed by atoms with Crippen molar-refractivity contribution in [3.63, 3.8) is 0 Å². The average molecular weight is 320 g/mol. The number of aromatic nitrogens is 2. The van der Waals surface area contributed by atoms with Crippen LogP contribution in [0, 0.1) is 0 Å². The van der Waals surface area contributed by atoms with Crippen LogP contribution < -0.4 is 10.6 Å². The minimum absolute atomic E-state index is 0.0338. The van der Waals surface area contributed by atoms with E-state index in [1.807, 2.05) is 73.7 Å². The Morgan fingerprint density at radius 2 is 1.54 bits per heavy atom. The Morgan fingerprint density at radius 3 is 2.21 bits per heavy atom. The molecule has 1 aromatic heterocycles. The summed E-state index contributed by atoms with van der Waals surface area (Å²) in [5, 5.41) is 15.7. The second-order valence-electron chi connectivity index (χ2n) is 5.55. The summed E-state index contributed by atoms with van der Waals surface area (Å²) >= 11 is 0. The maximum absolute atomic E-state index is 9.27. The summed E-state index contributed by atoms with van der Waals surface area (Å²) in [6.07, 6.45) is 0. The van der Waals surface area contributed by atoms with Crippen molar-refractivity contribution in [1.82, 2.24) is 9.97 Å². The van der Waals surface area contributed by atoms with Gasteiger partial charge in [0.05, 0.1) is 6.61 Å². The van der Waals surface area contributed by atoms with Crippen LogP contribution in [0.15, 0.2) is 66.7 Å². The van der Waals surface area contributed by atoms with Crippen LogP contribution in [0.1, 0.15) is 6.92 Å². The highest BCUT2D eigenvalue weighted by Gasteiger charge is 2.09. The molecule has 5 nitrogen and oxygen atoms in total. The summed E-state index contributed by atoms with van der Waals surface area (Å²) in [5.74, 6) is 2.00. The molecule has 5 heteroatoms. The minimum atomic E-state index is -0.0897. The maximum Gasteiger partial charge on any atom is 0.163 e. The molecule has 0 spiro atoms. The minimum Gasteiger partial charge on any atom is -0.394 e. The molecule has 0 bridgehead atoms. The predicted octanol–water partition coefficient (Wildman–Crippen LogP) is 3.68. The van der Waals surface area contributed by atoms with Crippen LogP contribution in [0.2, 0.25) is 0 Å². The number of benzene rings is 2. The van der Waals surface area contributed by atoms with Crippen molar-refractivity contribution in [3.8, 4) is 11.4 Å². The average Bonchev–Trinajstić information content (AvgIpc) is 2.63. The van der Waals surface area contributed by atoms with Crippen LogP contribution in [-0.2, 0) is 0 Å². The summed E-state index contributed by atoms with van der Waals surface area (Å²) in [6.45, 7) is 1.93. The van der Waals surface area contributed by atoms with Crippen LogP contribution in [0.25, 0.3) is 11.4 Å². The van der Waals surface area contributed by atoms with Gasteiger partial charge >= 0.3 is 0 Å². The van der Waals surface area contributed by atoms with E-state index >= 15 is 0 Å². The van der Waals surface area contributed by atoms with E-state index in [1.165, 1.54) is 0 Å². The largest absolute Gasteiger partial charge is 0.394 e. The third-order valence-corrected chi connectivity index (χ3v) is 3.47. The molecule has 1 unspecified atom stereocenters. The van der Waals surface area contributed by atoms with Crippen molar-refractivity contribution >= 4 is 17.3 Å². The molecule has 3 aromatic rings. The highest BCUT2D eigenvalue weighted by molar-refractivity contribution is 5.65. The Balaban J connectivity index is 1.96. The molecule has 0 aliphatic carbocycles. The van der Waals surface area contributed by atoms with Gasteiger partial charge in [0.25, 0.3) is 0 Å². The molecule has 0 saturated carbocycles. The van der Waals surface area contributed by atoms with E-state index < -0.39 is 0 Å². The summed E-state index contributed by atoms with van der Waals surface area (Å²) in [4.78, 5) is 9.17. The molecule has 0 radical (unpaired) electrons. The number of hydrogen-bond acceptors (Lipinski definition) is 5. The Morgan fingerprint density at radius 1 is 0.917 bits per heavy atom. The van der Waals surface area contributed by atoms with Crippen LogP contribution >= 0.6 is 0 Å².